The van der Waals surface area contributed by atoms with E-state index < -0.39 is 59.1 Å². The summed E-state index contributed by atoms with van der Waals surface area (Å²) in [7, 11) is 0. The van der Waals surface area contributed by atoms with E-state index in [0.717, 1.165) is 75.9 Å². The second-order valence-corrected chi connectivity index (χ2v) is 15.3. The lowest BCUT2D eigenvalue weighted by atomic mass is 9.92. The van der Waals surface area contributed by atoms with E-state index in [-0.39, 0.29) is 59.6 Å². The molecule has 20 nitrogen and oxygen atoms in total. The van der Waals surface area contributed by atoms with Crippen LogP contribution in [-0.2, 0) is 9.59 Å². The monoisotopic (exact) mass is 898 g/mol. The predicted octanol–water partition coefficient (Wildman–Crippen LogP) is 6.22. The van der Waals surface area contributed by atoms with Crippen LogP contribution in [0.15, 0.2) is 36.7 Å². The molecule has 0 saturated heterocycles. The second kappa shape index (κ2) is 23.3. The Morgan fingerprint density at radius 2 is 0.953 bits per heavy atom. The number of rotatable bonds is 18. The maximum atomic E-state index is 14.9. The van der Waals surface area contributed by atoms with Gasteiger partial charge in [0.1, 0.15) is 34.9 Å². The Kier molecular flexibility index (Phi) is 17.5. The Labute approximate surface area is 364 Å². The van der Waals surface area contributed by atoms with Gasteiger partial charge in [-0.2, -0.15) is 8.78 Å². The number of carbonyl (C=O) groups excluding carboxylic acids is 2. The quantitative estimate of drug-likeness (QED) is 0.0392. The van der Waals surface area contributed by atoms with Gasteiger partial charge >= 0.3 is 12.2 Å². The molecule has 0 bridgehead atoms. The molecule has 0 aromatic carbocycles. The fourth-order valence-corrected chi connectivity index (χ4v) is 7.32. The number of carboxylic acid groups (broad SMARTS) is 2. The van der Waals surface area contributed by atoms with E-state index in [1.165, 1.54) is 26.0 Å². The van der Waals surface area contributed by atoms with Crippen molar-refractivity contribution >= 4 is 58.9 Å². The molecule has 0 spiro atoms. The summed E-state index contributed by atoms with van der Waals surface area (Å²) in [6, 6.07) is 4.97. The topological polar surface area (TPSA) is 282 Å². The molecule has 2 saturated carbocycles. The van der Waals surface area contributed by atoms with Crippen LogP contribution in [0.4, 0.5) is 62.1 Å². The molecule has 4 aromatic rings. The van der Waals surface area contributed by atoms with E-state index in [4.69, 9.17) is 10.2 Å². The van der Waals surface area contributed by atoms with Gasteiger partial charge in [0.15, 0.2) is 23.3 Å². The number of hydrogen-bond acceptors (Lipinski definition) is 14. The highest BCUT2D eigenvalue weighted by Crippen LogP contribution is 2.32. The Bertz CT molecular complexity index is 2060. The van der Waals surface area contributed by atoms with Crippen LogP contribution in [0.3, 0.4) is 0 Å². The number of anilines is 6. The van der Waals surface area contributed by atoms with Crippen molar-refractivity contribution in [3.63, 3.8) is 0 Å². The van der Waals surface area contributed by atoms with Crippen molar-refractivity contribution in [3.05, 3.63) is 71.6 Å². The normalized spacial score (nSPS) is 14.6. The minimum absolute atomic E-state index is 0.0479. The van der Waals surface area contributed by atoms with Crippen LogP contribution < -0.4 is 43.0 Å². The average Bonchev–Trinajstić information content (AvgIpc) is 3.99. The molecule has 2 aliphatic carbocycles. The van der Waals surface area contributed by atoms with Crippen LogP contribution in [0.1, 0.15) is 75.9 Å². The molecule has 0 unspecified atom stereocenters. The van der Waals surface area contributed by atoms with Gasteiger partial charge in [0.2, 0.25) is 23.4 Å². The molecule has 24 heteroatoms. The fraction of sp³-hybridized carbons (Fsp3) is 0.450. The fourth-order valence-electron chi connectivity index (χ4n) is 7.32. The van der Waals surface area contributed by atoms with E-state index in [1.54, 1.807) is 0 Å². The molecule has 4 amide bonds. The van der Waals surface area contributed by atoms with Crippen LogP contribution in [0.2, 0.25) is 0 Å². The number of aromatic nitrogens is 6. The Balaban J connectivity index is 0.000000241. The van der Waals surface area contributed by atoms with Crippen molar-refractivity contribution in [2.45, 2.75) is 78.1 Å². The molecule has 2 fully saturated rings. The van der Waals surface area contributed by atoms with Crippen molar-refractivity contribution in [2.24, 2.45) is 23.7 Å². The first kappa shape index (κ1) is 47.9. The lowest BCUT2D eigenvalue weighted by Gasteiger charge is -2.20. The number of aryl methyl sites for hydroxylation is 2. The standard InChI is InChI=1S/2C20H25F2N7O3/c2*1-11-25-17(27-15-7-6-14(21)10-23-15)16(22)18(26-11)28-29-19(30)13(9-24-20(31)32)8-12-4-2-3-5-12/h2*6-7,10,12-13,24H,2-5,8-9H2,1H3,(H,29,30)(H,31,32)(H2,23,25,26,27,28)/t2*13-/m11/s1. The molecular weight excluding hydrogens is 849 g/mol. The summed E-state index contributed by atoms with van der Waals surface area (Å²) in [6.07, 6.45) is 8.93. The Morgan fingerprint density at radius 1 is 0.594 bits per heavy atom. The molecular formula is C40H50F4N14O6. The number of nitrogens with zero attached hydrogens (tertiary/aromatic N) is 6. The van der Waals surface area contributed by atoms with Crippen LogP contribution in [0.5, 0.6) is 0 Å². The van der Waals surface area contributed by atoms with Crippen molar-refractivity contribution < 1.29 is 47.0 Å². The highest BCUT2D eigenvalue weighted by molar-refractivity contribution is 5.81. The average molecular weight is 899 g/mol. The third kappa shape index (κ3) is 15.0. The summed E-state index contributed by atoms with van der Waals surface area (Å²) in [5.41, 5.74) is 9.76. The zero-order chi connectivity index (χ0) is 46.2. The summed E-state index contributed by atoms with van der Waals surface area (Å²) in [5.74, 6) is -4.51. The molecule has 2 aliphatic rings. The van der Waals surface area contributed by atoms with Crippen molar-refractivity contribution in [3.8, 4) is 0 Å². The van der Waals surface area contributed by atoms with Crippen molar-refractivity contribution in [1.82, 2.24) is 51.4 Å². The number of hydrazine groups is 2. The van der Waals surface area contributed by atoms with Gasteiger partial charge in [0.05, 0.1) is 24.2 Å². The third-order valence-corrected chi connectivity index (χ3v) is 10.4. The van der Waals surface area contributed by atoms with Gasteiger partial charge in [0, 0.05) is 13.1 Å². The first-order valence-electron chi connectivity index (χ1n) is 20.5. The number of nitrogens with one attached hydrogen (secondary N) is 8. The van der Waals surface area contributed by atoms with E-state index in [9.17, 15) is 36.7 Å². The predicted molar refractivity (Wildman–Crippen MR) is 224 cm³/mol. The van der Waals surface area contributed by atoms with Gasteiger partial charge in [0.25, 0.3) is 0 Å². The molecule has 4 aromatic heterocycles. The highest BCUT2D eigenvalue weighted by atomic mass is 19.1. The SMILES string of the molecule is Cc1nc(NNC(=O)[C@@H](CNC(=O)O)CC2CCCC2)c(F)c(Nc2ccc(F)cn2)n1.Cc1nc(NNC(=O)[C@@H](CNC(=O)O)CC2CCCC2)c(F)c(Nc2ccc(F)cn2)n1. The molecule has 344 valence electrons. The number of halogens is 4. The highest BCUT2D eigenvalue weighted by Gasteiger charge is 2.28. The van der Waals surface area contributed by atoms with Gasteiger partial charge in [-0.05, 0) is 62.8 Å². The van der Waals surface area contributed by atoms with E-state index in [0.29, 0.717) is 24.7 Å². The molecule has 4 heterocycles. The number of carbonyl (C=O) groups is 4. The van der Waals surface area contributed by atoms with Gasteiger partial charge in [-0.15, -0.1) is 0 Å². The second-order valence-electron chi connectivity index (χ2n) is 15.3. The maximum Gasteiger partial charge on any atom is 0.404 e. The van der Waals surface area contributed by atoms with Gasteiger partial charge < -0.3 is 31.5 Å². The molecule has 6 rings (SSSR count). The summed E-state index contributed by atoms with van der Waals surface area (Å²) >= 11 is 0. The van der Waals surface area contributed by atoms with E-state index >= 15 is 0 Å². The number of amides is 4. The minimum atomic E-state index is -1.22. The smallest absolute Gasteiger partial charge is 0.404 e. The van der Waals surface area contributed by atoms with E-state index in [2.05, 4.69) is 72.9 Å². The van der Waals surface area contributed by atoms with Gasteiger partial charge in [-0.3, -0.25) is 31.3 Å². The maximum absolute atomic E-state index is 14.9. The van der Waals surface area contributed by atoms with Gasteiger partial charge in [-0.1, -0.05) is 51.4 Å². The number of pyridine rings is 2. The zero-order valence-corrected chi connectivity index (χ0v) is 35.0. The first-order chi connectivity index (χ1) is 30.6. The molecule has 64 heavy (non-hydrogen) atoms. The molecule has 2 atom stereocenters. The molecule has 10 N–H and O–H groups in total. The summed E-state index contributed by atoms with van der Waals surface area (Å²) in [4.78, 5) is 70.6. The van der Waals surface area contributed by atoms with Crippen LogP contribution >= 0.6 is 0 Å². The Hall–Kier alpha value is -7.14. The van der Waals surface area contributed by atoms with Gasteiger partial charge in [-0.25, -0.2) is 48.3 Å². The molecule has 0 radical (unpaired) electrons. The summed E-state index contributed by atoms with van der Waals surface area (Å²) in [5, 5.41) is 27.5. The Morgan fingerprint density at radius 3 is 1.28 bits per heavy atom. The summed E-state index contributed by atoms with van der Waals surface area (Å²) in [6.45, 7) is 2.98. The largest absolute Gasteiger partial charge is 0.465 e. The van der Waals surface area contributed by atoms with Crippen LogP contribution in [0, 0.1) is 60.8 Å². The lowest BCUT2D eigenvalue weighted by Crippen LogP contribution is -2.41. The first-order valence-corrected chi connectivity index (χ1v) is 20.5. The van der Waals surface area contributed by atoms with Crippen molar-refractivity contribution in [2.75, 3.05) is 34.6 Å². The molecule has 0 aliphatic heterocycles. The minimum Gasteiger partial charge on any atom is -0.465 e. The third-order valence-electron chi connectivity index (χ3n) is 10.4. The number of hydrogen-bond donors (Lipinski definition) is 10. The van der Waals surface area contributed by atoms with E-state index in [1.807, 2.05) is 0 Å². The zero-order valence-electron chi connectivity index (χ0n) is 35.0. The van der Waals surface area contributed by atoms with Crippen LogP contribution in [-0.4, -0.2) is 77.2 Å². The lowest BCUT2D eigenvalue weighted by molar-refractivity contribution is -0.125. The summed E-state index contributed by atoms with van der Waals surface area (Å²) < 4.78 is 55.8. The van der Waals surface area contributed by atoms with Crippen LogP contribution in [0.25, 0.3) is 0 Å². The van der Waals surface area contributed by atoms with Crippen molar-refractivity contribution in [1.29, 1.82) is 0 Å².